The molecule has 0 amide bonds. The van der Waals surface area contributed by atoms with Crippen molar-refractivity contribution < 1.29 is 10.0 Å². The van der Waals surface area contributed by atoms with Crippen LogP contribution >= 0.6 is 15.9 Å². The standard InChI is InChI=1S/C15H21BrN2O3/c1-11-8-13(12(16)9-14(11)18(20)21)17-10-15(19)6-4-2-3-5-7-15/h8-9,17,19H,2-7,10H2,1H3. The summed E-state index contributed by atoms with van der Waals surface area (Å²) in [7, 11) is 0. The number of benzene rings is 1. The Hall–Kier alpha value is -1.14. The van der Waals surface area contributed by atoms with Gasteiger partial charge in [-0.2, -0.15) is 0 Å². The van der Waals surface area contributed by atoms with Gasteiger partial charge in [0.1, 0.15) is 0 Å². The molecule has 2 N–H and O–H groups in total. The maximum absolute atomic E-state index is 10.9. The molecule has 0 radical (unpaired) electrons. The van der Waals surface area contributed by atoms with Crippen molar-refractivity contribution in [3.63, 3.8) is 0 Å². The predicted molar refractivity (Wildman–Crippen MR) is 86.7 cm³/mol. The molecule has 0 spiro atoms. The van der Waals surface area contributed by atoms with Crippen LogP contribution in [0.4, 0.5) is 11.4 Å². The van der Waals surface area contributed by atoms with Crippen LogP contribution in [0.5, 0.6) is 0 Å². The van der Waals surface area contributed by atoms with E-state index < -0.39 is 5.60 Å². The van der Waals surface area contributed by atoms with Crippen LogP contribution in [0.2, 0.25) is 0 Å². The fourth-order valence-corrected chi connectivity index (χ4v) is 3.30. The highest BCUT2D eigenvalue weighted by atomic mass is 79.9. The number of hydrogen-bond acceptors (Lipinski definition) is 4. The molecule has 1 aromatic rings. The summed E-state index contributed by atoms with van der Waals surface area (Å²) in [6.07, 6.45) is 6.09. The minimum absolute atomic E-state index is 0.0978. The number of aryl methyl sites for hydroxylation is 1. The Morgan fingerprint density at radius 3 is 2.52 bits per heavy atom. The van der Waals surface area contributed by atoms with Gasteiger partial charge in [0.25, 0.3) is 5.69 Å². The molecule has 21 heavy (non-hydrogen) atoms. The van der Waals surface area contributed by atoms with Gasteiger partial charge in [0.05, 0.1) is 10.5 Å². The quantitative estimate of drug-likeness (QED) is 0.482. The second-order valence-corrected chi connectivity index (χ2v) is 6.72. The van der Waals surface area contributed by atoms with E-state index in [-0.39, 0.29) is 10.6 Å². The van der Waals surface area contributed by atoms with Crippen molar-refractivity contribution in [3.05, 3.63) is 32.3 Å². The van der Waals surface area contributed by atoms with Crippen LogP contribution in [0.15, 0.2) is 16.6 Å². The van der Waals surface area contributed by atoms with Crippen LogP contribution < -0.4 is 5.32 Å². The monoisotopic (exact) mass is 356 g/mol. The van der Waals surface area contributed by atoms with E-state index in [1.807, 2.05) is 0 Å². The molecule has 0 saturated heterocycles. The van der Waals surface area contributed by atoms with Crippen molar-refractivity contribution in [2.24, 2.45) is 0 Å². The normalized spacial score (nSPS) is 18.0. The second kappa shape index (κ2) is 6.75. The molecule has 0 aromatic heterocycles. The molecule has 1 aliphatic carbocycles. The van der Waals surface area contributed by atoms with E-state index in [2.05, 4.69) is 21.2 Å². The highest BCUT2D eigenvalue weighted by molar-refractivity contribution is 9.10. The Kier molecular flexibility index (Phi) is 5.22. The van der Waals surface area contributed by atoms with E-state index in [0.717, 1.165) is 31.4 Å². The summed E-state index contributed by atoms with van der Waals surface area (Å²) in [4.78, 5) is 10.5. The highest BCUT2D eigenvalue weighted by Crippen LogP contribution is 2.32. The van der Waals surface area contributed by atoms with E-state index in [1.54, 1.807) is 13.0 Å². The van der Waals surface area contributed by atoms with Crippen molar-refractivity contribution in [1.29, 1.82) is 0 Å². The zero-order valence-corrected chi connectivity index (χ0v) is 13.8. The topological polar surface area (TPSA) is 75.4 Å². The molecule has 0 heterocycles. The Bertz CT molecular complexity index is 526. The molecule has 116 valence electrons. The molecule has 6 heteroatoms. The van der Waals surface area contributed by atoms with Crippen molar-refractivity contribution in [2.75, 3.05) is 11.9 Å². The molecule has 2 rings (SSSR count). The molecular weight excluding hydrogens is 336 g/mol. The van der Waals surface area contributed by atoms with Gasteiger partial charge in [-0.05, 0) is 41.8 Å². The summed E-state index contributed by atoms with van der Waals surface area (Å²) in [6.45, 7) is 2.19. The van der Waals surface area contributed by atoms with Crippen molar-refractivity contribution in [3.8, 4) is 0 Å². The average Bonchev–Trinajstić information content (AvgIpc) is 2.64. The van der Waals surface area contributed by atoms with Crippen LogP contribution in [0, 0.1) is 17.0 Å². The summed E-state index contributed by atoms with van der Waals surface area (Å²) < 4.78 is 0.650. The highest BCUT2D eigenvalue weighted by Gasteiger charge is 2.28. The van der Waals surface area contributed by atoms with E-state index in [0.29, 0.717) is 16.6 Å². The predicted octanol–water partition coefficient (Wildman–Crippen LogP) is 4.16. The Balaban J connectivity index is 2.09. The van der Waals surface area contributed by atoms with Crippen molar-refractivity contribution in [1.82, 2.24) is 0 Å². The van der Waals surface area contributed by atoms with E-state index in [1.165, 1.54) is 18.9 Å². The van der Waals surface area contributed by atoms with Gasteiger partial charge in [0, 0.05) is 28.3 Å². The number of anilines is 1. The Morgan fingerprint density at radius 1 is 1.33 bits per heavy atom. The van der Waals surface area contributed by atoms with Gasteiger partial charge >= 0.3 is 0 Å². The van der Waals surface area contributed by atoms with Crippen LogP contribution in [-0.4, -0.2) is 22.2 Å². The largest absolute Gasteiger partial charge is 0.388 e. The van der Waals surface area contributed by atoms with Gasteiger partial charge in [-0.15, -0.1) is 0 Å². The molecule has 1 saturated carbocycles. The lowest BCUT2D eigenvalue weighted by atomic mass is 9.94. The molecule has 1 aliphatic rings. The van der Waals surface area contributed by atoms with Crippen molar-refractivity contribution >= 4 is 27.3 Å². The molecule has 5 nitrogen and oxygen atoms in total. The third-order valence-electron chi connectivity index (χ3n) is 4.12. The van der Waals surface area contributed by atoms with E-state index in [4.69, 9.17) is 0 Å². The molecule has 1 aromatic carbocycles. The second-order valence-electron chi connectivity index (χ2n) is 5.87. The number of nitrogens with zero attached hydrogens (tertiary/aromatic N) is 1. The molecular formula is C15H21BrN2O3. The summed E-state index contributed by atoms with van der Waals surface area (Å²) in [5, 5.41) is 24.8. The maximum atomic E-state index is 10.9. The molecule has 0 bridgehead atoms. The lowest BCUT2D eigenvalue weighted by Crippen LogP contribution is -2.36. The van der Waals surface area contributed by atoms with Gasteiger partial charge in [0.2, 0.25) is 0 Å². The van der Waals surface area contributed by atoms with Crippen LogP contribution in [0.25, 0.3) is 0 Å². The van der Waals surface area contributed by atoms with E-state index in [9.17, 15) is 15.2 Å². The summed E-state index contributed by atoms with van der Waals surface area (Å²) in [6, 6.07) is 3.26. The fraction of sp³-hybridized carbons (Fsp3) is 0.600. The number of halogens is 1. The molecule has 0 atom stereocenters. The first-order valence-electron chi connectivity index (χ1n) is 7.32. The number of nitro benzene ring substituents is 1. The number of nitro groups is 1. The van der Waals surface area contributed by atoms with Gasteiger partial charge in [-0.3, -0.25) is 10.1 Å². The SMILES string of the molecule is Cc1cc(NCC2(O)CCCCCC2)c(Br)cc1[N+](=O)[O-]. The number of hydrogen-bond donors (Lipinski definition) is 2. The zero-order chi connectivity index (χ0) is 15.5. The van der Waals surface area contributed by atoms with Gasteiger partial charge < -0.3 is 10.4 Å². The third kappa shape index (κ3) is 4.17. The lowest BCUT2D eigenvalue weighted by Gasteiger charge is -2.27. The maximum Gasteiger partial charge on any atom is 0.273 e. The number of nitrogens with one attached hydrogen (secondary N) is 1. The minimum atomic E-state index is -0.675. The Labute approximate surface area is 133 Å². The number of rotatable bonds is 4. The minimum Gasteiger partial charge on any atom is -0.388 e. The third-order valence-corrected chi connectivity index (χ3v) is 4.78. The summed E-state index contributed by atoms with van der Waals surface area (Å²) in [5.74, 6) is 0. The van der Waals surface area contributed by atoms with Crippen LogP contribution in [0.3, 0.4) is 0 Å². The Morgan fingerprint density at radius 2 is 1.95 bits per heavy atom. The first-order valence-corrected chi connectivity index (χ1v) is 8.11. The van der Waals surface area contributed by atoms with Crippen LogP contribution in [-0.2, 0) is 0 Å². The summed E-state index contributed by atoms with van der Waals surface area (Å²) in [5.41, 5.74) is 0.820. The van der Waals surface area contributed by atoms with Gasteiger partial charge in [-0.25, -0.2) is 0 Å². The first-order chi connectivity index (χ1) is 9.91. The first kappa shape index (κ1) is 16.2. The molecule has 0 aliphatic heterocycles. The zero-order valence-electron chi connectivity index (χ0n) is 12.2. The van der Waals surface area contributed by atoms with Gasteiger partial charge in [0.15, 0.2) is 0 Å². The van der Waals surface area contributed by atoms with Crippen LogP contribution in [0.1, 0.15) is 44.1 Å². The van der Waals surface area contributed by atoms with E-state index >= 15 is 0 Å². The molecule has 0 unspecified atom stereocenters. The smallest absolute Gasteiger partial charge is 0.273 e. The average molecular weight is 357 g/mol. The lowest BCUT2D eigenvalue weighted by molar-refractivity contribution is -0.385. The number of aliphatic hydroxyl groups is 1. The molecule has 1 fully saturated rings. The van der Waals surface area contributed by atoms with Crippen molar-refractivity contribution in [2.45, 2.75) is 51.0 Å². The van der Waals surface area contributed by atoms with Gasteiger partial charge in [-0.1, -0.05) is 25.7 Å². The fourth-order valence-electron chi connectivity index (χ4n) is 2.83. The summed E-state index contributed by atoms with van der Waals surface area (Å²) >= 11 is 3.36.